The number of aliphatic carboxylic acids is 2. The number of carboxylic acids is 2. The van der Waals surface area contributed by atoms with Crippen molar-refractivity contribution in [3.8, 4) is 11.5 Å². The molecule has 3 aromatic carbocycles. The molecule has 4 rings (SSSR count). The minimum atomic E-state index is -1.07. The van der Waals surface area contributed by atoms with Crippen LogP contribution in [0.15, 0.2) is 66.7 Å². The number of nitrogens with zero attached hydrogens (tertiary/aromatic N) is 1. The lowest BCUT2D eigenvalue weighted by Crippen LogP contribution is -2.10. The van der Waals surface area contributed by atoms with E-state index in [1.54, 1.807) is 47.9 Å². The lowest BCUT2D eigenvalue weighted by Gasteiger charge is -2.08. The van der Waals surface area contributed by atoms with Gasteiger partial charge in [0.05, 0.1) is 5.52 Å². The standard InChI is InChI=1S/C33H30F3NO6/c1-21-26(5-4-6-30(38)39)32-27(35)15-11-23(33(32)37(21)20-31(40)41)10-7-22-8-13-25(14-9-22)42-17-2-3-18-43-29-16-12-24(34)19-28(29)36/h2-3,7-16,19H,4-6,17-18,20H2,1H3,(H,38,39)(H,40,41)/b3-2+,10-7?. The summed E-state index contributed by atoms with van der Waals surface area (Å²) in [6, 6.07) is 13.2. The monoisotopic (exact) mass is 593 g/mol. The van der Waals surface area contributed by atoms with Crippen LogP contribution in [0.3, 0.4) is 0 Å². The predicted molar refractivity (Wildman–Crippen MR) is 157 cm³/mol. The third kappa shape index (κ3) is 8.06. The predicted octanol–water partition coefficient (Wildman–Crippen LogP) is 7.04. The fourth-order valence-corrected chi connectivity index (χ4v) is 4.73. The number of hydrogen-bond donors (Lipinski definition) is 2. The van der Waals surface area contributed by atoms with E-state index in [4.69, 9.17) is 14.6 Å². The minimum absolute atomic E-state index is 0.0432. The number of fused-ring (bicyclic) bond motifs is 1. The number of ether oxygens (including phenoxy) is 2. The Kier molecular flexibility index (Phi) is 10.3. The largest absolute Gasteiger partial charge is 0.490 e. The fraction of sp³-hybridized carbons (Fsp3) is 0.212. The van der Waals surface area contributed by atoms with E-state index >= 15 is 4.39 Å². The molecular formula is C33H30F3NO6. The highest BCUT2D eigenvalue weighted by molar-refractivity contribution is 5.95. The smallest absolute Gasteiger partial charge is 0.323 e. The van der Waals surface area contributed by atoms with Crippen molar-refractivity contribution < 1.29 is 42.4 Å². The van der Waals surface area contributed by atoms with Crippen LogP contribution in [0.2, 0.25) is 0 Å². The van der Waals surface area contributed by atoms with Gasteiger partial charge in [-0.1, -0.05) is 24.3 Å². The quantitative estimate of drug-likeness (QED) is 0.120. The summed E-state index contributed by atoms with van der Waals surface area (Å²) in [7, 11) is 0. The topological polar surface area (TPSA) is 98.0 Å². The van der Waals surface area contributed by atoms with E-state index in [9.17, 15) is 23.5 Å². The summed E-state index contributed by atoms with van der Waals surface area (Å²) >= 11 is 0. The van der Waals surface area contributed by atoms with Crippen molar-refractivity contribution in [2.24, 2.45) is 0 Å². The Balaban J connectivity index is 1.43. The van der Waals surface area contributed by atoms with Gasteiger partial charge in [0.2, 0.25) is 0 Å². The number of carbonyl (C=O) groups is 2. The molecule has 1 heterocycles. The van der Waals surface area contributed by atoms with Gasteiger partial charge in [-0.15, -0.1) is 0 Å². The fourth-order valence-electron chi connectivity index (χ4n) is 4.73. The SMILES string of the molecule is Cc1c(CCCC(=O)O)c2c(F)ccc(C=Cc3ccc(OC/C=C/COc4ccc(F)cc4F)cc3)c2n1CC(=O)O. The number of aryl methyl sites for hydroxylation is 1. The number of benzene rings is 3. The van der Waals surface area contributed by atoms with Gasteiger partial charge in [-0.25, -0.2) is 13.2 Å². The molecule has 4 aromatic rings. The molecule has 10 heteroatoms. The molecule has 1 aromatic heterocycles. The molecule has 43 heavy (non-hydrogen) atoms. The summed E-state index contributed by atoms with van der Waals surface area (Å²) < 4.78 is 54.1. The first-order chi connectivity index (χ1) is 20.6. The molecule has 0 aliphatic rings. The van der Waals surface area contributed by atoms with Crippen LogP contribution in [0, 0.1) is 24.4 Å². The number of halogens is 3. The Hall–Kier alpha value is -4.99. The van der Waals surface area contributed by atoms with Crippen LogP contribution < -0.4 is 9.47 Å². The second-order valence-corrected chi connectivity index (χ2v) is 9.72. The minimum Gasteiger partial charge on any atom is -0.490 e. The van der Waals surface area contributed by atoms with E-state index in [1.807, 2.05) is 18.2 Å². The van der Waals surface area contributed by atoms with Crippen LogP contribution in [0.25, 0.3) is 23.1 Å². The molecule has 0 amide bonds. The van der Waals surface area contributed by atoms with Gasteiger partial charge in [0, 0.05) is 23.6 Å². The van der Waals surface area contributed by atoms with E-state index < -0.39 is 29.4 Å². The Morgan fingerprint density at radius 2 is 1.58 bits per heavy atom. The van der Waals surface area contributed by atoms with Crippen molar-refractivity contribution in [1.29, 1.82) is 0 Å². The van der Waals surface area contributed by atoms with E-state index in [2.05, 4.69) is 0 Å². The maximum absolute atomic E-state index is 15.1. The molecule has 0 bridgehead atoms. The van der Waals surface area contributed by atoms with Gasteiger partial charge in [0.25, 0.3) is 0 Å². The van der Waals surface area contributed by atoms with Gasteiger partial charge in [0.1, 0.15) is 37.1 Å². The zero-order valence-electron chi connectivity index (χ0n) is 23.4. The summed E-state index contributed by atoms with van der Waals surface area (Å²) in [6.45, 7) is 1.69. The Bertz CT molecular complexity index is 1670. The lowest BCUT2D eigenvalue weighted by atomic mass is 10.0. The molecule has 0 saturated carbocycles. The molecule has 0 spiro atoms. The maximum Gasteiger partial charge on any atom is 0.323 e. The highest BCUT2D eigenvalue weighted by atomic mass is 19.1. The lowest BCUT2D eigenvalue weighted by molar-refractivity contribution is -0.138. The van der Waals surface area contributed by atoms with Crippen LogP contribution in [0.1, 0.15) is 35.2 Å². The van der Waals surface area contributed by atoms with Crippen molar-refractivity contribution in [2.75, 3.05) is 13.2 Å². The maximum atomic E-state index is 15.1. The second kappa shape index (κ2) is 14.3. The van der Waals surface area contributed by atoms with Crippen LogP contribution >= 0.6 is 0 Å². The molecule has 0 aliphatic heterocycles. The van der Waals surface area contributed by atoms with Crippen LogP contribution in [0.4, 0.5) is 13.2 Å². The van der Waals surface area contributed by atoms with Crippen LogP contribution in [-0.4, -0.2) is 39.9 Å². The van der Waals surface area contributed by atoms with Gasteiger partial charge in [-0.3, -0.25) is 9.59 Å². The summed E-state index contributed by atoms with van der Waals surface area (Å²) in [5.74, 6) is -3.40. The summed E-state index contributed by atoms with van der Waals surface area (Å²) in [5, 5.41) is 18.8. The van der Waals surface area contributed by atoms with Crippen molar-refractivity contribution in [1.82, 2.24) is 4.57 Å². The summed E-state index contributed by atoms with van der Waals surface area (Å²) in [6.07, 6.45) is 7.50. The normalized spacial score (nSPS) is 11.5. The summed E-state index contributed by atoms with van der Waals surface area (Å²) in [4.78, 5) is 22.6. The first kappa shape index (κ1) is 31.0. The molecule has 0 radical (unpaired) electrons. The molecule has 0 atom stereocenters. The average Bonchev–Trinajstić information content (AvgIpc) is 3.23. The molecule has 0 fully saturated rings. The Morgan fingerprint density at radius 3 is 2.26 bits per heavy atom. The van der Waals surface area contributed by atoms with Crippen LogP contribution in [-0.2, 0) is 22.6 Å². The van der Waals surface area contributed by atoms with E-state index in [0.29, 0.717) is 46.3 Å². The van der Waals surface area contributed by atoms with Gasteiger partial charge in [-0.05, 0) is 85.0 Å². The van der Waals surface area contributed by atoms with Crippen molar-refractivity contribution >= 4 is 35.0 Å². The Morgan fingerprint density at radius 1 is 0.860 bits per heavy atom. The molecule has 2 N–H and O–H groups in total. The van der Waals surface area contributed by atoms with E-state index in [-0.39, 0.29) is 31.9 Å². The summed E-state index contributed by atoms with van der Waals surface area (Å²) in [5.41, 5.74) is 3.09. The highest BCUT2D eigenvalue weighted by Gasteiger charge is 2.21. The van der Waals surface area contributed by atoms with Gasteiger partial charge >= 0.3 is 11.9 Å². The third-order valence-corrected chi connectivity index (χ3v) is 6.76. The zero-order valence-corrected chi connectivity index (χ0v) is 23.4. The van der Waals surface area contributed by atoms with Gasteiger partial charge in [0.15, 0.2) is 11.6 Å². The first-order valence-electron chi connectivity index (χ1n) is 13.5. The molecule has 0 aliphatic carbocycles. The number of carboxylic acid groups (broad SMARTS) is 2. The van der Waals surface area contributed by atoms with Gasteiger partial charge < -0.3 is 24.3 Å². The molecular weight excluding hydrogens is 563 g/mol. The molecule has 224 valence electrons. The third-order valence-electron chi connectivity index (χ3n) is 6.76. The Labute approximate surface area is 246 Å². The highest BCUT2D eigenvalue weighted by Crippen LogP contribution is 2.33. The molecule has 7 nitrogen and oxygen atoms in total. The number of hydrogen-bond acceptors (Lipinski definition) is 4. The van der Waals surface area contributed by atoms with Crippen LogP contribution in [0.5, 0.6) is 11.5 Å². The van der Waals surface area contributed by atoms with Crippen molar-refractivity contribution in [3.63, 3.8) is 0 Å². The van der Waals surface area contributed by atoms with E-state index in [0.717, 1.165) is 17.7 Å². The zero-order chi connectivity index (χ0) is 30.9. The van der Waals surface area contributed by atoms with Crippen molar-refractivity contribution in [2.45, 2.75) is 32.7 Å². The number of rotatable bonds is 14. The number of aromatic nitrogens is 1. The first-order valence-corrected chi connectivity index (χ1v) is 13.5. The van der Waals surface area contributed by atoms with E-state index in [1.165, 1.54) is 12.1 Å². The van der Waals surface area contributed by atoms with Gasteiger partial charge in [-0.2, -0.15) is 0 Å². The molecule has 0 unspecified atom stereocenters. The van der Waals surface area contributed by atoms with Crippen molar-refractivity contribution in [3.05, 3.63) is 107 Å². The second-order valence-electron chi connectivity index (χ2n) is 9.72. The molecule has 0 saturated heterocycles. The average molecular weight is 594 g/mol.